The predicted molar refractivity (Wildman–Crippen MR) is 103 cm³/mol. The van der Waals surface area contributed by atoms with Crippen LogP contribution in [0.2, 0.25) is 0 Å². The minimum atomic E-state index is 0.102. The first-order chi connectivity index (χ1) is 12.8. The van der Waals surface area contributed by atoms with Crippen molar-refractivity contribution < 1.29 is 4.79 Å². The first-order valence-corrected chi connectivity index (χ1v) is 9.24. The van der Waals surface area contributed by atoms with E-state index in [9.17, 15) is 4.79 Å². The number of fused-ring (bicyclic) bond motifs is 1. The Morgan fingerprint density at radius 1 is 1.12 bits per heavy atom. The lowest BCUT2D eigenvalue weighted by Crippen LogP contribution is -2.44. The average molecular weight is 348 g/mol. The summed E-state index contributed by atoms with van der Waals surface area (Å²) in [7, 11) is 0. The molecule has 134 valence electrons. The molecule has 1 amide bonds. The van der Waals surface area contributed by atoms with Crippen LogP contribution in [-0.4, -0.2) is 39.9 Å². The number of aromatic amines is 1. The first kappa shape index (κ1) is 16.8. The number of imidazole rings is 1. The quantitative estimate of drug-likeness (QED) is 0.745. The molecule has 1 aliphatic rings. The molecule has 3 aromatic rings. The van der Waals surface area contributed by atoms with Gasteiger partial charge in [0.1, 0.15) is 0 Å². The molecule has 0 bridgehead atoms. The van der Waals surface area contributed by atoms with Crippen molar-refractivity contribution in [1.82, 2.24) is 20.2 Å². The molecule has 4 rings (SSSR count). The van der Waals surface area contributed by atoms with Crippen molar-refractivity contribution in [3.05, 3.63) is 66.0 Å². The summed E-state index contributed by atoms with van der Waals surface area (Å²) in [6.07, 6.45) is 4.12. The summed E-state index contributed by atoms with van der Waals surface area (Å²) in [4.78, 5) is 22.1. The number of carbonyl (C=O) groups excluding carboxylic acids is 1. The van der Waals surface area contributed by atoms with Crippen molar-refractivity contribution in [2.24, 2.45) is 0 Å². The van der Waals surface area contributed by atoms with Crippen LogP contribution in [0.1, 0.15) is 24.0 Å². The van der Waals surface area contributed by atoms with Crippen molar-refractivity contribution in [1.29, 1.82) is 0 Å². The summed E-state index contributed by atoms with van der Waals surface area (Å²) in [6.45, 7) is 3.05. The summed E-state index contributed by atoms with van der Waals surface area (Å²) in [5.41, 5.74) is 4.27. The molecule has 5 nitrogen and oxygen atoms in total. The van der Waals surface area contributed by atoms with Gasteiger partial charge >= 0.3 is 0 Å². The molecule has 0 unspecified atom stereocenters. The summed E-state index contributed by atoms with van der Waals surface area (Å²) >= 11 is 0. The lowest BCUT2D eigenvalue weighted by atomic mass is 10.0. The predicted octanol–water partition coefficient (Wildman–Crippen LogP) is 2.89. The lowest BCUT2D eigenvalue weighted by molar-refractivity contribution is -0.121. The molecule has 2 heterocycles. The Bertz CT molecular complexity index is 866. The zero-order valence-corrected chi connectivity index (χ0v) is 14.8. The molecule has 1 fully saturated rings. The molecule has 0 atom stereocenters. The van der Waals surface area contributed by atoms with Gasteiger partial charge < -0.3 is 10.3 Å². The molecule has 0 radical (unpaired) electrons. The van der Waals surface area contributed by atoms with E-state index in [1.807, 2.05) is 18.2 Å². The maximum absolute atomic E-state index is 12.4. The van der Waals surface area contributed by atoms with E-state index >= 15 is 0 Å². The maximum Gasteiger partial charge on any atom is 0.224 e. The van der Waals surface area contributed by atoms with Crippen LogP contribution in [0.3, 0.4) is 0 Å². The van der Waals surface area contributed by atoms with E-state index in [-0.39, 0.29) is 11.9 Å². The highest BCUT2D eigenvalue weighted by Gasteiger charge is 2.20. The highest BCUT2D eigenvalue weighted by Crippen LogP contribution is 2.15. The van der Waals surface area contributed by atoms with Crippen molar-refractivity contribution in [2.75, 3.05) is 13.1 Å². The molecular formula is C21H24N4O. The number of piperidine rings is 1. The standard InChI is InChI=1S/C21H24N4O/c26-21(13-17-6-7-19-20(12-17)23-15-22-19)24-18-8-10-25(11-9-18)14-16-4-2-1-3-5-16/h1-7,12,15,18H,8-11,13-14H2,(H,22,23)(H,24,26). The first-order valence-electron chi connectivity index (χ1n) is 9.24. The van der Waals surface area contributed by atoms with Crippen LogP contribution >= 0.6 is 0 Å². The third-order valence-corrected chi connectivity index (χ3v) is 5.05. The molecule has 26 heavy (non-hydrogen) atoms. The molecule has 2 N–H and O–H groups in total. The third kappa shape index (κ3) is 4.11. The fourth-order valence-electron chi connectivity index (χ4n) is 3.63. The second-order valence-corrected chi connectivity index (χ2v) is 7.03. The highest BCUT2D eigenvalue weighted by atomic mass is 16.1. The van der Waals surface area contributed by atoms with Gasteiger partial charge in [-0.05, 0) is 36.1 Å². The van der Waals surface area contributed by atoms with Crippen LogP contribution in [0.5, 0.6) is 0 Å². The number of aromatic nitrogens is 2. The SMILES string of the molecule is O=C(Cc1ccc2nc[nH]c2c1)NC1CCN(Cc2ccccc2)CC1. The highest BCUT2D eigenvalue weighted by molar-refractivity contribution is 5.81. The number of hydrogen-bond donors (Lipinski definition) is 2. The number of H-pyrrole nitrogens is 1. The van der Waals surface area contributed by atoms with E-state index in [4.69, 9.17) is 0 Å². The van der Waals surface area contributed by atoms with Crippen LogP contribution in [0.4, 0.5) is 0 Å². The van der Waals surface area contributed by atoms with Gasteiger partial charge in [-0.1, -0.05) is 36.4 Å². The average Bonchev–Trinajstić information content (AvgIpc) is 3.12. The van der Waals surface area contributed by atoms with Gasteiger partial charge in [-0.25, -0.2) is 4.98 Å². The zero-order valence-electron chi connectivity index (χ0n) is 14.8. The van der Waals surface area contributed by atoms with Crippen LogP contribution < -0.4 is 5.32 Å². The number of rotatable bonds is 5. The minimum Gasteiger partial charge on any atom is -0.353 e. The molecule has 1 aliphatic heterocycles. The normalized spacial score (nSPS) is 16.0. The van der Waals surface area contributed by atoms with E-state index in [1.165, 1.54) is 5.56 Å². The Labute approximate surface area is 153 Å². The van der Waals surface area contributed by atoms with Gasteiger partial charge in [-0.15, -0.1) is 0 Å². The third-order valence-electron chi connectivity index (χ3n) is 5.05. The fourth-order valence-corrected chi connectivity index (χ4v) is 3.63. The van der Waals surface area contributed by atoms with Gasteiger partial charge in [-0.3, -0.25) is 9.69 Å². The molecular weight excluding hydrogens is 324 g/mol. The summed E-state index contributed by atoms with van der Waals surface area (Å²) in [5.74, 6) is 0.102. The van der Waals surface area contributed by atoms with Crippen molar-refractivity contribution >= 4 is 16.9 Å². The van der Waals surface area contributed by atoms with Gasteiger partial charge in [0.15, 0.2) is 0 Å². The minimum absolute atomic E-state index is 0.102. The Kier molecular flexibility index (Phi) is 4.97. The lowest BCUT2D eigenvalue weighted by Gasteiger charge is -2.32. The van der Waals surface area contributed by atoms with E-state index < -0.39 is 0 Å². The van der Waals surface area contributed by atoms with Crippen molar-refractivity contribution in [3.63, 3.8) is 0 Å². The fraction of sp³-hybridized carbons (Fsp3) is 0.333. The van der Waals surface area contributed by atoms with E-state index in [2.05, 4.69) is 50.5 Å². The Hall–Kier alpha value is -2.66. The largest absolute Gasteiger partial charge is 0.353 e. The number of hydrogen-bond acceptors (Lipinski definition) is 3. The smallest absolute Gasteiger partial charge is 0.224 e. The van der Waals surface area contributed by atoms with Crippen LogP contribution in [0, 0.1) is 0 Å². The maximum atomic E-state index is 12.4. The van der Waals surface area contributed by atoms with Crippen LogP contribution in [-0.2, 0) is 17.8 Å². The molecule has 1 saturated heterocycles. The number of carbonyl (C=O) groups is 1. The molecule has 0 aliphatic carbocycles. The number of nitrogens with zero attached hydrogens (tertiary/aromatic N) is 2. The van der Waals surface area contributed by atoms with Gasteiger partial charge in [0.2, 0.25) is 5.91 Å². The molecule has 0 spiro atoms. The topological polar surface area (TPSA) is 61.0 Å². The zero-order chi connectivity index (χ0) is 17.8. The van der Waals surface area contributed by atoms with E-state index in [0.717, 1.165) is 49.1 Å². The molecule has 5 heteroatoms. The number of likely N-dealkylation sites (tertiary alicyclic amines) is 1. The van der Waals surface area contributed by atoms with Gasteiger partial charge in [0, 0.05) is 25.7 Å². The number of amides is 1. The van der Waals surface area contributed by atoms with Crippen molar-refractivity contribution in [3.8, 4) is 0 Å². The van der Waals surface area contributed by atoms with E-state index in [1.54, 1.807) is 6.33 Å². The Morgan fingerprint density at radius 2 is 1.92 bits per heavy atom. The number of nitrogens with one attached hydrogen (secondary N) is 2. The second kappa shape index (κ2) is 7.70. The Morgan fingerprint density at radius 3 is 2.73 bits per heavy atom. The number of benzene rings is 2. The van der Waals surface area contributed by atoms with Crippen LogP contribution in [0.25, 0.3) is 11.0 Å². The van der Waals surface area contributed by atoms with Gasteiger partial charge in [0.05, 0.1) is 23.8 Å². The monoisotopic (exact) mass is 348 g/mol. The molecule has 0 saturated carbocycles. The summed E-state index contributed by atoms with van der Waals surface area (Å²) < 4.78 is 0. The summed E-state index contributed by atoms with van der Waals surface area (Å²) in [5, 5.41) is 3.20. The van der Waals surface area contributed by atoms with Gasteiger partial charge in [-0.2, -0.15) is 0 Å². The van der Waals surface area contributed by atoms with E-state index in [0.29, 0.717) is 6.42 Å². The molecule has 2 aromatic carbocycles. The Balaban J connectivity index is 1.25. The van der Waals surface area contributed by atoms with Crippen LogP contribution in [0.15, 0.2) is 54.9 Å². The second-order valence-electron chi connectivity index (χ2n) is 7.03. The molecule has 1 aromatic heterocycles. The summed E-state index contributed by atoms with van der Waals surface area (Å²) in [6, 6.07) is 16.8. The van der Waals surface area contributed by atoms with Crippen molar-refractivity contribution in [2.45, 2.75) is 31.8 Å². The van der Waals surface area contributed by atoms with Gasteiger partial charge in [0.25, 0.3) is 0 Å².